The van der Waals surface area contributed by atoms with Crippen molar-refractivity contribution in [1.82, 2.24) is 4.57 Å². The van der Waals surface area contributed by atoms with Crippen LogP contribution in [0.1, 0.15) is 44.9 Å². The van der Waals surface area contributed by atoms with Crippen LogP contribution in [-0.4, -0.2) is 30.9 Å². The highest BCUT2D eigenvalue weighted by Crippen LogP contribution is 2.35. The number of esters is 1. The lowest BCUT2D eigenvalue weighted by atomic mass is 9.96. The number of rotatable bonds is 8. The van der Waals surface area contributed by atoms with E-state index in [0.29, 0.717) is 43.4 Å². The van der Waals surface area contributed by atoms with E-state index in [1.165, 1.54) is 11.3 Å². The van der Waals surface area contributed by atoms with E-state index in [1.807, 2.05) is 42.5 Å². The fourth-order valence-electron chi connectivity index (χ4n) is 4.03. The molecule has 2 heterocycles. The number of halogens is 1. The van der Waals surface area contributed by atoms with Gasteiger partial charge in [0.2, 0.25) is 0 Å². The van der Waals surface area contributed by atoms with Crippen LogP contribution >= 0.6 is 27.3 Å². The zero-order chi connectivity index (χ0) is 26.7. The van der Waals surface area contributed by atoms with Crippen molar-refractivity contribution in [3.63, 3.8) is 0 Å². The molecule has 0 bridgehead atoms. The Morgan fingerprint density at radius 1 is 1.22 bits per heavy atom. The highest BCUT2D eigenvalue weighted by atomic mass is 79.9. The van der Waals surface area contributed by atoms with Gasteiger partial charge in [0.1, 0.15) is 11.5 Å². The lowest BCUT2D eigenvalue weighted by Gasteiger charge is -2.25. The van der Waals surface area contributed by atoms with Crippen molar-refractivity contribution in [1.29, 1.82) is 0 Å². The summed E-state index contributed by atoms with van der Waals surface area (Å²) in [5.41, 5.74) is 2.24. The normalized spacial score (nSPS) is 15.4. The first kappa shape index (κ1) is 26.9. The summed E-state index contributed by atoms with van der Waals surface area (Å²) >= 11 is 4.82. The molecule has 9 heteroatoms. The molecule has 0 radical (unpaired) electrons. The van der Waals surface area contributed by atoms with Gasteiger partial charge in [-0.3, -0.25) is 9.36 Å². The van der Waals surface area contributed by atoms with Gasteiger partial charge >= 0.3 is 5.97 Å². The molecule has 7 nitrogen and oxygen atoms in total. The minimum atomic E-state index is -0.688. The summed E-state index contributed by atoms with van der Waals surface area (Å²) in [5, 5.41) is 0. The van der Waals surface area contributed by atoms with Crippen molar-refractivity contribution in [3.05, 3.63) is 89.0 Å². The number of nitrogens with zero attached hydrogens (tertiary/aromatic N) is 2. The maximum atomic E-state index is 13.7. The van der Waals surface area contributed by atoms with E-state index in [9.17, 15) is 9.59 Å². The van der Waals surface area contributed by atoms with E-state index in [2.05, 4.69) is 34.8 Å². The molecule has 0 amide bonds. The lowest BCUT2D eigenvalue weighted by Crippen LogP contribution is -2.39. The first-order valence-electron chi connectivity index (χ1n) is 12.0. The zero-order valence-corrected chi connectivity index (χ0v) is 23.8. The van der Waals surface area contributed by atoms with Crippen molar-refractivity contribution in [2.75, 3.05) is 20.3 Å². The molecule has 1 aliphatic heterocycles. The topological polar surface area (TPSA) is 79.1 Å². The number of allylic oxidation sites excluding steroid dienone is 1. The zero-order valence-electron chi connectivity index (χ0n) is 21.4. The van der Waals surface area contributed by atoms with Crippen LogP contribution in [0.2, 0.25) is 0 Å². The summed E-state index contributed by atoms with van der Waals surface area (Å²) in [5.74, 6) is 1.37. The second kappa shape index (κ2) is 11.5. The van der Waals surface area contributed by atoms with Crippen LogP contribution in [0.15, 0.2) is 68.0 Å². The predicted molar refractivity (Wildman–Crippen MR) is 148 cm³/mol. The Kier molecular flexibility index (Phi) is 8.34. The number of methoxy groups -OCH3 is 1. The minimum Gasteiger partial charge on any atom is -0.496 e. The Balaban J connectivity index is 1.83. The van der Waals surface area contributed by atoms with Gasteiger partial charge in [0.25, 0.3) is 5.56 Å². The molecule has 0 saturated heterocycles. The minimum absolute atomic E-state index is 0.218. The highest BCUT2D eigenvalue weighted by Gasteiger charge is 2.33. The van der Waals surface area contributed by atoms with Crippen molar-refractivity contribution in [2.24, 2.45) is 10.9 Å². The second-order valence-electron chi connectivity index (χ2n) is 8.97. The second-order valence-corrected chi connectivity index (χ2v) is 10.8. The molecule has 1 aromatic heterocycles. The Bertz CT molecular complexity index is 1520. The number of carbonyl (C=O) groups excluding carboxylic acids is 1. The monoisotopic (exact) mass is 584 g/mol. The van der Waals surface area contributed by atoms with E-state index >= 15 is 0 Å². The third-order valence-corrected chi connectivity index (χ3v) is 7.37. The fraction of sp³-hybridized carbons (Fsp3) is 0.321. The van der Waals surface area contributed by atoms with Crippen LogP contribution in [0, 0.1) is 5.92 Å². The van der Waals surface area contributed by atoms with Gasteiger partial charge in [0, 0.05) is 0 Å². The van der Waals surface area contributed by atoms with Crippen LogP contribution in [0.5, 0.6) is 11.5 Å². The van der Waals surface area contributed by atoms with Crippen LogP contribution < -0.4 is 24.4 Å². The fourth-order valence-corrected chi connectivity index (χ4v) is 5.64. The van der Waals surface area contributed by atoms with Gasteiger partial charge in [-0.1, -0.05) is 43.4 Å². The molecule has 4 rings (SSSR count). The Labute approximate surface area is 227 Å². The largest absolute Gasteiger partial charge is 0.496 e. The molecule has 0 spiro atoms. The number of carbonyl (C=O) groups is 1. The van der Waals surface area contributed by atoms with Gasteiger partial charge in [-0.25, -0.2) is 9.79 Å². The standard InChI is InChI=1S/C28H29BrN2O5S/c1-6-35-27(33)24-17(4)30-28-31(25(24)19-9-12-22(34-5)21(29)14-19)26(32)23(37-28)13-18-7-10-20(11-8-18)36-15-16(2)3/h7-14,16,25H,6,15H2,1-5H3/b23-13+/t25-/m0/s1. The Hall–Kier alpha value is -3.17. The SMILES string of the molecule is CCOC(=O)C1=C(C)N=c2s/c(=C/c3ccc(OCC(C)C)cc3)c(=O)n2[C@H]1c1ccc(OC)c(Br)c1. The summed E-state index contributed by atoms with van der Waals surface area (Å²) in [7, 11) is 1.58. The average molecular weight is 586 g/mol. The van der Waals surface area contributed by atoms with Crippen molar-refractivity contribution in [2.45, 2.75) is 33.7 Å². The van der Waals surface area contributed by atoms with E-state index in [0.717, 1.165) is 16.9 Å². The van der Waals surface area contributed by atoms with E-state index < -0.39 is 12.0 Å². The summed E-state index contributed by atoms with van der Waals surface area (Å²) in [6.07, 6.45) is 1.83. The molecule has 0 N–H and O–H groups in total. The molecule has 1 atom stereocenters. The molecule has 194 valence electrons. The molecule has 0 saturated carbocycles. The quantitative estimate of drug-likeness (QED) is 0.361. The van der Waals surface area contributed by atoms with Gasteiger partial charge < -0.3 is 14.2 Å². The number of benzene rings is 2. The summed E-state index contributed by atoms with van der Waals surface area (Å²) in [6, 6.07) is 12.4. The molecule has 0 fully saturated rings. The summed E-state index contributed by atoms with van der Waals surface area (Å²) in [6.45, 7) is 8.57. The van der Waals surface area contributed by atoms with Crippen molar-refractivity contribution >= 4 is 39.3 Å². The van der Waals surface area contributed by atoms with Crippen LogP contribution in [0.3, 0.4) is 0 Å². The van der Waals surface area contributed by atoms with Crippen molar-refractivity contribution < 1.29 is 19.0 Å². The summed E-state index contributed by atoms with van der Waals surface area (Å²) in [4.78, 5) is 31.9. The van der Waals surface area contributed by atoms with Gasteiger partial charge in [0.05, 0.1) is 46.6 Å². The molecule has 3 aromatic rings. The highest BCUT2D eigenvalue weighted by molar-refractivity contribution is 9.10. The predicted octanol–water partition coefficient (Wildman–Crippen LogP) is 4.60. The van der Waals surface area contributed by atoms with Gasteiger partial charge in [-0.05, 0) is 77.2 Å². The van der Waals surface area contributed by atoms with E-state index in [1.54, 1.807) is 31.6 Å². The molecular weight excluding hydrogens is 556 g/mol. The number of ether oxygens (including phenoxy) is 3. The Morgan fingerprint density at radius 2 is 1.95 bits per heavy atom. The molecular formula is C28H29BrN2O5S. The number of fused-ring (bicyclic) bond motifs is 1. The molecule has 0 aliphatic carbocycles. The van der Waals surface area contributed by atoms with Crippen molar-refractivity contribution in [3.8, 4) is 11.5 Å². The van der Waals surface area contributed by atoms with Gasteiger partial charge in [-0.2, -0.15) is 0 Å². The van der Waals surface area contributed by atoms with E-state index in [4.69, 9.17) is 14.2 Å². The van der Waals surface area contributed by atoms with E-state index in [-0.39, 0.29) is 12.2 Å². The number of aromatic nitrogens is 1. The third-order valence-electron chi connectivity index (χ3n) is 5.77. The maximum Gasteiger partial charge on any atom is 0.338 e. The smallest absolute Gasteiger partial charge is 0.338 e. The van der Waals surface area contributed by atoms with Crippen LogP contribution in [0.4, 0.5) is 0 Å². The number of hydrogen-bond donors (Lipinski definition) is 0. The first-order valence-corrected chi connectivity index (χ1v) is 13.6. The lowest BCUT2D eigenvalue weighted by molar-refractivity contribution is -0.139. The molecule has 2 aromatic carbocycles. The number of hydrogen-bond acceptors (Lipinski definition) is 7. The molecule has 1 aliphatic rings. The molecule has 0 unspecified atom stereocenters. The number of thiazole rings is 1. The molecule has 37 heavy (non-hydrogen) atoms. The summed E-state index contributed by atoms with van der Waals surface area (Å²) < 4.78 is 19.3. The van der Waals surface area contributed by atoms with Gasteiger partial charge in [0.15, 0.2) is 4.80 Å². The average Bonchev–Trinajstić information content (AvgIpc) is 3.16. The van der Waals surface area contributed by atoms with Gasteiger partial charge in [-0.15, -0.1) is 0 Å². The third kappa shape index (κ3) is 5.72. The van der Waals surface area contributed by atoms with Crippen LogP contribution in [0.25, 0.3) is 6.08 Å². The first-order chi connectivity index (χ1) is 17.7. The maximum absolute atomic E-state index is 13.7. The van der Waals surface area contributed by atoms with Crippen LogP contribution in [-0.2, 0) is 9.53 Å². The Morgan fingerprint density at radius 3 is 2.57 bits per heavy atom.